The number of hydrogen-bond donors (Lipinski definition) is 0. The van der Waals surface area contributed by atoms with Crippen LogP contribution >= 0.6 is 0 Å². The van der Waals surface area contributed by atoms with Gasteiger partial charge in [-0.1, -0.05) is 18.2 Å². The van der Waals surface area contributed by atoms with Gasteiger partial charge in [-0.25, -0.2) is 13.2 Å². The van der Waals surface area contributed by atoms with Gasteiger partial charge in [0.2, 0.25) is 0 Å². The van der Waals surface area contributed by atoms with Gasteiger partial charge in [0.05, 0.1) is 17.8 Å². The first-order chi connectivity index (χ1) is 13.6. The minimum absolute atomic E-state index is 0.00514. The van der Waals surface area contributed by atoms with E-state index in [1.165, 1.54) is 0 Å². The number of rotatable bonds is 6. The molecule has 29 heavy (non-hydrogen) atoms. The highest BCUT2D eigenvalue weighted by Gasteiger charge is 2.53. The third kappa shape index (κ3) is 4.68. The molecule has 0 aromatic heterocycles. The number of ether oxygens (including phenoxy) is 1. The lowest BCUT2D eigenvalue weighted by Gasteiger charge is -2.32. The Morgan fingerprint density at radius 2 is 1.59 bits per heavy atom. The van der Waals surface area contributed by atoms with E-state index in [0.29, 0.717) is 5.75 Å². The summed E-state index contributed by atoms with van der Waals surface area (Å²) in [6.45, 7) is 7.24. The second-order valence-corrected chi connectivity index (χ2v) is 7.95. The predicted octanol–water partition coefficient (Wildman–Crippen LogP) is 5.75. The number of hydrogen-bond acceptors (Lipinski definition) is 3. The van der Waals surface area contributed by atoms with Crippen LogP contribution in [0.5, 0.6) is 5.75 Å². The summed E-state index contributed by atoms with van der Waals surface area (Å²) in [6.07, 6.45) is 0.00514. The SMILES string of the molecule is CC1(C)OB(C(F)=C(CCOc2ccccc2)c2cc(F)ccc2F)OC1(C)C. The Morgan fingerprint density at radius 1 is 0.966 bits per heavy atom. The molecule has 1 heterocycles. The topological polar surface area (TPSA) is 27.7 Å². The van der Waals surface area contributed by atoms with E-state index in [-0.39, 0.29) is 24.2 Å². The molecule has 1 fully saturated rings. The first-order valence-corrected chi connectivity index (χ1v) is 9.48. The van der Waals surface area contributed by atoms with Gasteiger partial charge < -0.3 is 14.0 Å². The molecule has 0 unspecified atom stereocenters. The summed E-state index contributed by atoms with van der Waals surface area (Å²) >= 11 is 0. The van der Waals surface area contributed by atoms with Gasteiger partial charge in [0, 0.05) is 12.0 Å². The average Bonchev–Trinajstić information content (AvgIpc) is 2.89. The molecule has 0 radical (unpaired) electrons. The molecule has 2 aromatic carbocycles. The highest BCUT2D eigenvalue weighted by Crippen LogP contribution is 2.41. The highest BCUT2D eigenvalue weighted by atomic mass is 19.1. The van der Waals surface area contributed by atoms with Crippen molar-refractivity contribution in [2.45, 2.75) is 45.3 Å². The van der Waals surface area contributed by atoms with Crippen LogP contribution in [0.4, 0.5) is 13.2 Å². The molecule has 1 aliphatic rings. The van der Waals surface area contributed by atoms with Crippen LogP contribution in [0.15, 0.2) is 54.3 Å². The van der Waals surface area contributed by atoms with Gasteiger partial charge in [0.25, 0.3) is 0 Å². The van der Waals surface area contributed by atoms with E-state index in [9.17, 15) is 8.78 Å². The molecule has 3 nitrogen and oxygen atoms in total. The molecule has 7 heteroatoms. The van der Waals surface area contributed by atoms with Crippen LogP contribution in [0.25, 0.3) is 5.57 Å². The van der Waals surface area contributed by atoms with Gasteiger partial charge >= 0.3 is 7.12 Å². The second-order valence-electron chi connectivity index (χ2n) is 7.95. The fourth-order valence-electron chi connectivity index (χ4n) is 2.99. The molecular weight excluding hydrogens is 380 g/mol. The highest BCUT2D eigenvalue weighted by molar-refractivity contribution is 6.55. The molecule has 1 aliphatic heterocycles. The largest absolute Gasteiger partial charge is 0.525 e. The fourth-order valence-corrected chi connectivity index (χ4v) is 2.99. The molecule has 0 N–H and O–H groups in total. The summed E-state index contributed by atoms with van der Waals surface area (Å²) < 4.78 is 60.8. The van der Waals surface area contributed by atoms with Crippen molar-refractivity contribution in [2.75, 3.05) is 6.61 Å². The van der Waals surface area contributed by atoms with Crippen molar-refractivity contribution >= 4 is 12.7 Å². The number of halogens is 3. The van der Waals surface area contributed by atoms with E-state index >= 15 is 4.39 Å². The molecule has 0 amide bonds. The Labute approximate surface area is 169 Å². The van der Waals surface area contributed by atoms with E-state index in [0.717, 1.165) is 18.2 Å². The van der Waals surface area contributed by atoms with Gasteiger partial charge in [0.15, 0.2) is 0 Å². The molecule has 0 spiro atoms. The maximum atomic E-state index is 15.5. The van der Waals surface area contributed by atoms with Crippen molar-refractivity contribution in [2.24, 2.45) is 0 Å². The minimum Gasteiger partial charge on any atom is -0.493 e. The molecule has 2 aromatic rings. The standard InChI is InChI=1S/C22H24BF3O3/c1-21(2)22(3,4)29-23(28-21)20(26)17(18-14-15(24)10-11-19(18)25)12-13-27-16-8-6-5-7-9-16/h5-11,14H,12-13H2,1-4H3. The van der Waals surface area contributed by atoms with E-state index in [4.69, 9.17) is 14.0 Å². The third-order valence-corrected chi connectivity index (χ3v) is 5.37. The fraction of sp³-hybridized carbons (Fsp3) is 0.364. The van der Waals surface area contributed by atoms with Crippen LogP contribution in [0.2, 0.25) is 0 Å². The zero-order valence-electron chi connectivity index (χ0n) is 17.0. The van der Waals surface area contributed by atoms with Gasteiger partial charge in [-0.05, 0) is 63.6 Å². The van der Waals surface area contributed by atoms with Crippen molar-refractivity contribution in [1.29, 1.82) is 0 Å². The van der Waals surface area contributed by atoms with Crippen LogP contribution < -0.4 is 4.74 Å². The first kappa shape index (κ1) is 21.5. The molecule has 0 bridgehead atoms. The summed E-state index contributed by atoms with van der Waals surface area (Å²) in [5, 5.41) is 0. The van der Waals surface area contributed by atoms with Crippen molar-refractivity contribution < 1.29 is 27.2 Å². The second kappa shape index (κ2) is 8.24. The van der Waals surface area contributed by atoms with Crippen molar-refractivity contribution in [3.63, 3.8) is 0 Å². The van der Waals surface area contributed by atoms with E-state index in [1.54, 1.807) is 39.8 Å². The lowest BCUT2D eigenvalue weighted by Crippen LogP contribution is -2.41. The van der Waals surface area contributed by atoms with Crippen LogP contribution in [-0.2, 0) is 9.31 Å². The Balaban J connectivity index is 1.92. The molecular formula is C22H24BF3O3. The summed E-state index contributed by atoms with van der Waals surface area (Å²) in [7, 11) is -1.31. The van der Waals surface area contributed by atoms with Gasteiger partial charge in [-0.3, -0.25) is 0 Å². The Hall–Kier alpha value is -2.25. The van der Waals surface area contributed by atoms with Crippen LogP contribution in [-0.4, -0.2) is 24.9 Å². The van der Waals surface area contributed by atoms with Gasteiger partial charge in [-0.15, -0.1) is 0 Å². The number of para-hydroxylation sites is 1. The van der Waals surface area contributed by atoms with Gasteiger partial charge in [-0.2, -0.15) is 0 Å². The van der Waals surface area contributed by atoms with E-state index in [1.807, 2.05) is 18.2 Å². The van der Waals surface area contributed by atoms with Gasteiger partial charge in [0.1, 0.15) is 23.1 Å². The van der Waals surface area contributed by atoms with Crippen LogP contribution in [0.3, 0.4) is 0 Å². The molecule has 3 rings (SSSR count). The minimum atomic E-state index is -1.31. The molecule has 0 atom stereocenters. The molecule has 154 valence electrons. The summed E-state index contributed by atoms with van der Waals surface area (Å²) in [5.74, 6) is -0.792. The van der Waals surface area contributed by atoms with Crippen LogP contribution in [0, 0.1) is 11.6 Å². The van der Waals surface area contributed by atoms with Crippen LogP contribution in [0.1, 0.15) is 39.7 Å². The Morgan fingerprint density at radius 3 is 2.21 bits per heavy atom. The number of benzene rings is 2. The maximum absolute atomic E-state index is 15.5. The quantitative estimate of drug-likeness (QED) is 0.575. The normalized spacial score (nSPS) is 18.5. The Bertz CT molecular complexity index is 881. The third-order valence-electron chi connectivity index (χ3n) is 5.37. The smallest absolute Gasteiger partial charge is 0.493 e. The summed E-state index contributed by atoms with van der Waals surface area (Å²) in [6, 6.07) is 11.9. The average molecular weight is 404 g/mol. The zero-order valence-corrected chi connectivity index (χ0v) is 17.0. The van der Waals surface area contributed by atoms with Crippen molar-refractivity contribution in [3.8, 4) is 5.75 Å². The maximum Gasteiger partial charge on any atom is 0.525 e. The Kier molecular flexibility index (Phi) is 6.10. The lowest BCUT2D eigenvalue weighted by atomic mass is 9.81. The molecule has 1 saturated heterocycles. The predicted molar refractivity (Wildman–Crippen MR) is 107 cm³/mol. The molecule has 0 aliphatic carbocycles. The summed E-state index contributed by atoms with van der Waals surface area (Å²) in [5.41, 5.74) is -2.53. The summed E-state index contributed by atoms with van der Waals surface area (Å²) in [4.78, 5) is 0. The van der Waals surface area contributed by atoms with E-state index < -0.39 is 35.7 Å². The monoisotopic (exact) mass is 404 g/mol. The van der Waals surface area contributed by atoms with Crippen molar-refractivity contribution in [3.05, 3.63) is 71.5 Å². The lowest BCUT2D eigenvalue weighted by molar-refractivity contribution is 0.00578. The van der Waals surface area contributed by atoms with Crippen molar-refractivity contribution in [1.82, 2.24) is 0 Å². The molecule has 0 saturated carbocycles. The zero-order chi connectivity index (χ0) is 21.2. The van der Waals surface area contributed by atoms with E-state index in [2.05, 4.69) is 0 Å². The first-order valence-electron chi connectivity index (χ1n) is 9.48.